The van der Waals surface area contributed by atoms with Gasteiger partial charge in [-0.2, -0.15) is 10.2 Å². The fraction of sp³-hybridized carbons (Fsp3) is 0.375. The van der Waals surface area contributed by atoms with Gasteiger partial charge in [0.15, 0.2) is 0 Å². The number of aromatic nitrogens is 4. The van der Waals surface area contributed by atoms with Gasteiger partial charge < -0.3 is 16.8 Å². The van der Waals surface area contributed by atoms with Crippen LogP contribution in [0.3, 0.4) is 0 Å². The van der Waals surface area contributed by atoms with Crippen molar-refractivity contribution in [1.29, 1.82) is 0 Å². The van der Waals surface area contributed by atoms with Gasteiger partial charge in [-0.05, 0) is 61.8 Å². The summed E-state index contributed by atoms with van der Waals surface area (Å²) in [5, 5.41) is 11.7. The summed E-state index contributed by atoms with van der Waals surface area (Å²) >= 11 is 5.86. The third-order valence-corrected chi connectivity index (χ3v) is 7.27. The number of anilines is 3. The minimum absolute atomic E-state index is 0.0606. The summed E-state index contributed by atoms with van der Waals surface area (Å²) in [6, 6.07) is 6.00. The van der Waals surface area contributed by atoms with Gasteiger partial charge in [0, 0.05) is 31.3 Å². The summed E-state index contributed by atoms with van der Waals surface area (Å²) in [5.41, 5.74) is 16.0. The first-order valence-electron chi connectivity index (χ1n) is 11.4. The van der Waals surface area contributed by atoms with Gasteiger partial charge in [-0.3, -0.25) is 14.2 Å². The number of nitrogens with zero attached hydrogens (tertiary/aromatic N) is 4. The molecule has 0 bridgehead atoms. The normalized spacial score (nSPS) is 21.5. The molecular formula is C24H27ClFN7O. The molecule has 5 N–H and O–H groups in total. The number of carbonyl (C=O) groups is 1. The van der Waals surface area contributed by atoms with Crippen LogP contribution in [0.25, 0.3) is 5.57 Å². The monoisotopic (exact) mass is 483 g/mol. The average molecular weight is 484 g/mol. The highest BCUT2D eigenvalue weighted by Gasteiger charge is 2.41. The van der Waals surface area contributed by atoms with E-state index in [0.717, 1.165) is 31.5 Å². The number of benzene rings is 1. The SMILES string of the molecule is CCn1nc(N)cc1C1=CC2CC(c3nn(C)c(N)c3C(=O)Nc3ccc(F)c(Cl)c3)CC2C1. The molecule has 8 nitrogen and oxygen atoms in total. The third-order valence-electron chi connectivity index (χ3n) is 6.98. The zero-order chi connectivity index (χ0) is 24.1. The maximum absolute atomic E-state index is 13.5. The van der Waals surface area contributed by atoms with E-state index in [4.69, 9.17) is 23.1 Å². The van der Waals surface area contributed by atoms with Crippen LogP contribution in [-0.2, 0) is 13.6 Å². The summed E-state index contributed by atoms with van der Waals surface area (Å²) < 4.78 is 17.0. The number of fused-ring (bicyclic) bond motifs is 1. The maximum atomic E-state index is 13.5. The molecule has 2 aliphatic carbocycles. The first-order valence-corrected chi connectivity index (χ1v) is 11.8. The molecule has 3 aromatic rings. The molecule has 0 radical (unpaired) electrons. The van der Waals surface area contributed by atoms with Gasteiger partial charge in [0.2, 0.25) is 0 Å². The van der Waals surface area contributed by atoms with Crippen molar-refractivity contribution in [1.82, 2.24) is 19.6 Å². The molecule has 0 saturated heterocycles. The van der Waals surface area contributed by atoms with E-state index in [-0.39, 0.29) is 16.8 Å². The summed E-state index contributed by atoms with van der Waals surface area (Å²) in [7, 11) is 1.73. The van der Waals surface area contributed by atoms with E-state index in [1.54, 1.807) is 11.7 Å². The number of aryl methyl sites for hydroxylation is 2. The number of halogens is 2. The second-order valence-corrected chi connectivity index (χ2v) is 9.52. The molecule has 178 valence electrons. The summed E-state index contributed by atoms with van der Waals surface area (Å²) in [6.07, 6.45) is 5.09. The first kappa shape index (κ1) is 22.5. The topological polar surface area (TPSA) is 117 Å². The lowest BCUT2D eigenvalue weighted by Crippen LogP contribution is -2.16. The van der Waals surface area contributed by atoms with Crippen molar-refractivity contribution in [2.24, 2.45) is 18.9 Å². The van der Waals surface area contributed by atoms with Gasteiger partial charge in [0.05, 0.1) is 16.4 Å². The molecule has 2 aromatic heterocycles. The van der Waals surface area contributed by atoms with Crippen LogP contribution in [0.4, 0.5) is 21.7 Å². The lowest BCUT2D eigenvalue weighted by Gasteiger charge is -2.13. The zero-order valence-corrected chi connectivity index (χ0v) is 19.8. The molecule has 2 heterocycles. The Morgan fingerprint density at radius 3 is 2.76 bits per heavy atom. The van der Waals surface area contributed by atoms with E-state index in [1.165, 1.54) is 23.8 Å². The van der Waals surface area contributed by atoms with Gasteiger partial charge in [0.1, 0.15) is 23.0 Å². The van der Waals surface area contributed by atoms with E-state index >= 15 is 0 Å². The zero-order valence-electron chi connectivity index (χ0n) is 19.1. The van der Waals surface area contributed by atoms with Crippen LogP contribution in [-0.4, -0.2) is 25.5 Å². The van der Waals surface area contributed by atoms with Gasteiger partial charge in [-0.15, -0.1) is 0 Å². The highest BCUT2D eigenvalue weighted by atomic mass is 35.5. The molecule has 3 atom stereocenters. The van der Waals surface area contributed by atoms with Crippen molar-refractivity contribution in [2.45, 2.75) is 38.6 Å². The lowest BCUT2D eigenvalue weighted by atomic mass is 9.95. The first-order chi connectivity index (χ1) is 16.2. The second kappa shape index (κ2) is 8.47. The molecule has 0 aliphatic heterocycles. The second-order valence-electron chi connectivity index (χ2n) is 9.11. The van der Waals surface area contributed by atoms with Crippen molar-refractivity contribution < 1.29 is 9.18 Å². The van der Waals surface area contributed by atoms with Crippen LogP contribution < -0.4 is 16.8 Å². The summed E-state index contributed by atoms with van der Waals surface area (Å²) in [5.74, 6) is 0.906. The van der Waals surface area contributed by atoms with Crippen LogP contribution in [0, 0.1) is 17.7 Å². The Hall–Kier alpha value is -3.33. The lowest BCUT2D eigenvalue weighted by molar-refractivity contribution is 0.102. The molecule has 1 saturated carbocycles. The minimum atomic E-state index is -0.546. The summed E-state index contributed by atoms with van der Waals surface area (Å²) in [4.78, 5) is 13.2. The highest BCUT2D eigenvalue weighted by molar-refractivity contribution is 6.31. The minimum Gasteiger partial charge on any atom is -0.383 e. The van der Waals surface area contributed by atoms with Crippen LogP contribution in [0.2, 0.25) is 5.02 Å². The molecule has 0 spiro atoms. The molecule has 5 rings (SSSR count). The van der Waals surface area contributed by atoms with Crippen molar-refractivity contribution in [2.75, 3.05) is 16.8 Å². The van der Waals surface area contributed by atoms with Gasteiger partial charge in [0.25, 0.3) is 5.91 Å². The van der Waals surface area contributed by atoms with E-state index in [1.807, 2.05) is 10.7 Å². The molecule has 2 aliphatic rings. The van der Waals surface area contributed by atoms with E-state index in [0.29, 0.717) is 40.4 Å². The predicted octanol–water partition coefficient (Wildman–Crippen LogP) is 4.44. The Morgan fingerprint density at radius 2 is 2.06 bits per heavy atom. The molecule has 1 aromatic carbocycles. The largest absolute Gasteiger partial charge is 0.383 e. The number of allylic oxidation sites excluding steroid dienone is 2. The number of nitrogens with one attached hydrogen (secondary N) is 1. The number of hydrogen-bond donors (Lipinski definition) is 3. The predicted molar refractivity (Wildman–Crippen MR) is 131 cm³/mol. The van der Waals surface area contributed by atoms with E-state index in [2.05, 4.69) is 28.5 Å². The fourth-order valence-electron chi connectivity index (χ4n) is 5.40. The van der Waals surface area contributed by atoms with Gasteiger partial charge in [-0.25, -0.2) is 4.39 Å². The van der Waals surface area contributed by atoms with Crippen molar-refractivity contribution in [3.8, 4) is 0 Å². The molecule has 34 heavy (non-hydrogen) atoms. The Kier molecular flexibility index (Phi) is 5.59. The number of nitrogens with two attached hydrogens (primary N) is 2. The molecule has 10 heteroatoms. The van der Waals surface area contributed by atoms with Crippen molar-refractivity contribution in [3.63, 3.8) is 0 Å². The van der Waals surface area contributed by atoms with E-state index in [9.17, 15) is 9.18 Å². The summed E-state index contributed by atoms with van der Waals surface area (Å²) in [6.45, 7) is 2.83. The van der Waals surface area contributed by atoms with Gasteiger partial charge >= 0.3 is 0 Å². The number of hydrogen-bond acceptors (Lipinski definition) is 5. The number of rotatable bonds is 5. The molecule has 1 fully saturated rings. The fourth-order valence-corrected chi connectivity index (χ4v) is 5.58. The van der Waals surface area contributed by atoms with Crippen LogP contribution in [0.15, 0.2) is 30.3 Å². The average Bonchev–Trinajstić information content (AvgIpc) is 3.52. The Morgan fingerprint density at radius 1 is 1.26 bits per heavy atom. The number of nitrogen functional groups attached to an aromatic ring is 2. The van der Waals surface area contributed by atoms with Gasteiger partial charge in [-0.1, -0.05) is 17.7 Å². The standard InChI is InChI=1S/C24H27ClFN7O/c1-3-33-19(11-20(27)30-33)14-6-12-8-15(9-13(12)7-14)22-21(23(28)32(2)31-22)24(34)29-16-4-5-18(26)17(25)10-16/h4-6,10-13,15H,3,7-9,28H2,1-2H3,(H2,27,30)(H,29,34). The number of amides is 1. The molecule has 1 amide bonds. The van der Waals surface area contributed by atoms with Crippen LogP contribution in [0.1, 0.15) is 53.8 Å². The Labute approximate surface area is 201 Å². The quantitative estimate of drug-likeness (QED) is 0.496. The third kappa shape index (κ3) is 3.83. The smallest absolute Gasteiger partial charge is 0.261 e. The van der Waals surface area contributed by atoms with Crippen molar-refractivity contribution in [3.05, 3.63) is 58.1 Å². The molecular weight excluding hydrogens is 457 g/mol. The molecule has 3 unspecified atom stereocenters. The van der Waals surface area contributed by atoms with Crippen molar-refractivity contribution >= 4 is 40.4 Å². The van der Waals surface area contributed by atoms with Crippen LogP contribution >= 0.6 is 11.6 Å². The Balaban J connectivity index is 1.38. The maximum Gasteiger partial charge on any atom is 0.261 e. The van der Waals surface area contributed by atoms with Crippen LogP contribution in [0.5, 0.6) is 0 Å². The highest BCUT2D eigenvalue weighted by Crippen LogP contribution is 2.52. The van der Waals surface area contributed by atoms with E-state index < -0.39 is 5.82 Å². The Bertz CT molecular complexity index is 1310. The number of carbonyl (C=O) groups excluding carboxylic acids is 1.